The van der Waals surface area contributed by atoms with E-state index in [0.29, 0.717) is 5.56 Å². The zero-order valence-corrected chi connectivity index (χ0v) is 13.9. The molecule has 0 bridgehead atoms. The van der Waals surface area contributed by atoms with Crippen LogP contribution in [0.15, 0.2) is 35.7 Å². The summed E-state index contributed by atoms with van der Waals surface area (Å²) in [7, 11) is 0. The van der Waals surface area contributed by atoms with Gasteiger partial charge in [-0.05, 0) is 55.5 Å². The van der Waals surface area contributed by atoms with Crippen molar-refractivity contribution in [3.63, 3.8) is 0 Å². The predicted molar refractivity (Wildman–Crippen MR) is 86.4 cm³/mol. The molecule has 1 aromatic heterocycles. The lowest BCUT2D eigenvalue weighted by molar-refractivity contribution is -0.137. The molecule has 0 saturated heterocycles. The Kier molecular flexibility index (Phi) is 4.84. The van der Waals surface area contributed by atoms with E-state index in [9.17, 15) is 18.0 Å². The van der Waals surface area contributed by atoms with Gasteiger partial charge in [-0.1, -0.05) is 12.1 Å². The Balaban J connectivity index is 2.09. The Bertz CT molecular complexity index is 681. The van der Waals surface area contributed by atoms with Crippen LogP contribution in [0.2, 0.25) is 0 Å². The molecule has 23 heavy (non-hydrogen) atoms. The molecular formula is C17H18F3NOS. The molecule has 1 aromatic carbocycles. The number of rotatable bonds is 3. The average Bonchev–Trinajstić information content (AvgIpc) is 2.84. The third kappa shape index (κ3) is 5.10. The van der Waals surface area contributed by atoms with Crippen LogP contribution in [0.5, 0.6) is 0 Å². The Morgan fingerprint density at radius 3 is 2.22 bits per heavy atom. The molecule has 2 aromatic rings. The van der Waals surface area contributed by atoms with Crippen LogP contribution in [0.4, 0.5) is 13.2 Å². The first-order chi connectivity index (χ1) is 10.5. The maximum Gasteiger partial charge on any atom is 0.416 e. The highest BCUT2D eigenvalue weighted by Crippen LogP contribution is 2.32. The van der Waals surface area contributed by atoms with Crippen molar-refractivity contribution in [1.82, 2.24) is 5.32 Å². The Morgan fingerprint density at radius 2 is 1.70 bits per heavy atom. The molecule has 0 aliphatic carbocycles. The fourth-order valence-corrected chi connectivity index (χ4v) is 2.99. The van der Waals surface area contributed by atoms with Crippen molar-refractivity contribution in [3.8, 4) is 11.1 Å². The molecule has 1 heterocycles. The standard InChI is InChI=1S/C17H18F3NOS/c1-16(2,3)21-15(22)9-14-8-12(10-23-14)11-4-6-13(7-5-11)17(18,19)20/h4-8,10H,9H2,1-3H3,(H,21,22). The first-order valence-corrected chi connectivity index (χ1v) is 7.99. The summed E-state index contributed by atoms with van der Waals surface area (Å²) < 4.78 is 37.7. The fourth-order valence-electron chi connectivity index (χ4n) is 2.10. The molecule has 0 atom stereocenters. The van der Waals surface area contributed by atoms with E-state index in [1.165, 1.54) is 23.5 Å². The van der Waals surface area contributed by atoms with E-state index in [1.807, 2.05) is 32.2 Å². The van der Waals surface area contributed by atoms with Crippen LogP contribution in [0.25, 0.3) is 11.1 Å². The zero-order valence-electron chi connectivity index (χ0n) is 13.1. The Labute approximate surface area is 137 Å². The van der Waals surface area contributed by atoms with Gasteiger partial charge in [0.25, 0.3) is 0 Å². The minimum Gasteiger partial charge on any atom is -0.351 e. The summed E-state index contributed by atoms with van der Waals surface area (Å²) in [4.78, 5) is 12.8. The lowest BCUT2D eigenvalue weighted by Gasteiger charge is -2.20. The molecule has 1 N–H and O–H groups in total. The number of nitrogens with one attached hydrogen (secondary N) is 1. The van der Waals surface area contributed by atoms with Crippen molar-refractivity contribution in [1.29, 1.82) is 0 Å². The van der Waals surface area contributed by atoms with Crippen LogP contribution in [0.1, 0.15) is 31.2 Å². The first-order valence-electron chi connectivity index (χ1n) is 7.11. The molecule has 2 nitrogen and oxygen atoms in total. The van der Waals surface area contributed by atoms with Crippen molar-refractivity contribution >= 4 is 17.2 Å². The third-order valence-electron chi connectivity index (χ3n) is 3.05. The largest absolute Gasteiger partial charge is 0.416 e. The monoisotopic (exact) mass is 341 g/mol. The van der Waals surface area contributed by atoms with Gasteiger partial charge in [-0.15, -0.1) is 11.3 Å². The van der Waals surface area contributed by atoms with Gasteiger partial charge in [0.1, 0.15) is 0 Å². The summed E-state index contributed by atoms with van der Waals surface area (Å²) in [6.45, 7) is 5.73. The molecule has 0 spiro atoms. The van der Waals surface area contributed by atoms with E-state index in [2.05, 4.69) is 5.32 Å². The van der Waals surface area contributed by atoms with Gasteiger partial charge < -0.3 is 5.32 Å². The number of hydrogen-bond donors (Lipinski definition) is 1. The van der Waals surface area contributed by atoms with Crippen molar-refractivity contribution in [2.45, 2.75) is 38.9 Å². The lowest BCUT2D eigenvalue weighted by atomic mass is 10.1. The topological polar surface area (TPSA) is 29.1 Å². The van der Waals surface area contributed by atoms with Gasteiger partial charge in [0, 0.05) is 10.4 Å². The number of benzene rings is 1. The van der Waals surface area contributed by atoms with Crippen LogP contribution >= 0.6 is 11.3 Å². The van der Waals surface area contributed by atoms with Gasteiger partial charge in [0.2, 0.25) is 5.91 Å². The van der Waals surface area contributed by atoms with Gasteiger partial charge in [-0.25, -0.2) is 0 Å². The molecule has 0 radical (unpaired) electrons. The Morgan fingerprint density at radius 1 is 1.09 bits per heavy atom. The minimum atomic E-state index is -4.33. The number of amides is 1. The highest BCUT2D eigenvalue weighted by Gasteiger charge is 2.30. The molecule has 0 saturated carbocycles. The van der Waals surface area contributed by atoms with E-state index in [1.54, 1.807) is 0 Å². The smallest absolute Gasteiger partial charge is 0.351 e. The van der Waals surface area contributed by atoms with E-state index in [-0.39, 0.29) is 17.9 Å². The van der Waals surface area contributed by atoms with Gasteiger partial charge in [0.05, 0.1) is 12.0 Å². The van der Waals surface area contributed by atoms with Crippen molar-refractivity contribution in [2.75, 3.05) is 0 Å². The summed E-state index contributed by atoms with van der Waals surface area (Å²) in [6, 6.07) is 6.88. The van der Waals surface area contributed by atoms with E-state index >= 15 is 0 Å². The quantitative estimate of drug-likeness (QED) is 0.846. The highest BCUT2D eigenvalue weighted by atomic mass is 32.1. The minimum absolute atomic E-state index is 0.0710. The second kappa shape index (κ2) is 6.35. The molecule has 0 fully saturated rings. The number of alkyl halides is 3. The van der Waals surface area contributed by atoms with Gasteiger partial charge in [-0.3, -0.25) is 4.79 Å². The SMILES string of the molecule is CC(C)(C)NC(=O)Cc1cc(-c2ccc(C(F)(F)F)cc2)cs1. The summed E-state index contributed by atoms with van der Waals surface area (Å²) in [5.74, 6) is -0.0710. The number of thiophene rings is 1. The normalized spacial score (nSPS) is 12.3. The van der Waals surface area contributed by atoms with Crippen molar-refractivity contribution in [2.24, 2.45) is 0 Å². The zero-order chi connectivity index (χ0) is 17.3. The molecule has 0 aliphatic heterocycles. The number of hydrogen-bond acceptors (Lipinski definition) is 2. The van der Waals surface area contributed by atoms with Crippen LogP contribution in [0, 0.1) is 0 Å². The second-order valence-corrected chi connectivity index (χ2v) is 7.35. The number of carbonyl (C=O) groups excluding carboxylic acids is 1. The number of halogens is 3. The predicted octanol–water partition coefficient (Wildman–Crippen LogP) is 4.89. The summed E-state index contributed by atoms with van der Waals surface area (Å²) >= 11 is 1.43. The molecule has 6 heteroatoms. The molecule has 0 unspecified atom stereocenters. The van der Waals surface area contributed by atoms with Crippen LogP contribution < -0.4 is 5.32 Å². The summed E-state index contributed by atoms with van der Waals surface area (Å²) in [5.41, 5.74) is 0.574. The number of carbonyl (C=O) groups is 1. The van der Waals surface area contributed by atoms with E-state index in [0.717, 1.165) is 22.6 Å². The third-order valence-corrected chi connectivity index (χ3v) is 3.99. The summed E-state index contributed by atoms with van der Waals surface area (Å²) in [6.07, 6.45) is -4.06. The second-order valence-electron chi connectivity index (χ2n) is 6.35. The van der Waals surface area contributed by atoms with Crippen molar-refractivity contribution < 1.29 is 18.0 Å². The molecule has 124 valence electrons. The van der Waals surface area contributed by atoms with E-state index < -0.39 is 11.7 Å². The van der Waals surface area contributed by atoms with Gasteiger partial charge in [-0.2, -0.15) is 13.2 Å². The molecule has 2 rings (SSSR count). The van der Waals surface area contributed by atoms with E-state index in [4.69, 9.17) is 0 Å². The fraction of sp³-hybridized carbons (Fsp3) is 0.353. The maximum atomic E-state index is 12.6. The van der Waals surface area contributed by atoms with Crippen LogP contribution in [-0.2, 0) is 17.4 Å². The van der Waals surface area contributed by atoms with Crippen LogP contribution in [-0.4, -0.2) is 11.4 Å². The van der Waals surface area contributed by atoms with Gasteiger partial charge in [0.15, 0.2) is 0 Å². The molecule has 1 amide bonds. The van der Waals surface area contributed by atoms with Gasteiger partial charge >= 0.3 is 6.18 Å². The summed E-state index contributed by atoms with van der Waals surface area (Å²) in [5, 5.41) is 4.73. The maximum absolute atomic E-state index is 12.6. The Hall–Kier alpha value is -1.82. The average molecular weight is 341 g/mol. The van der Waals surface area contributed by atoms with Crippen molar-refractivity contribution in [3.05, 3.63) is 46.2 Å². The molecular weight excluding hydrogens is 323 g/mol. The molecule has 0 aliphatic rings. The lowest BCUT2D eigenvalue weighted by Crippen LogP contribution is -2.41. The van der Waals surface area contributed by atoms with Crippen LogP contribution in [0.3, 0.4) is 0 Å². The highest BCUT2D eigenvalue weighted by molar-refractivity contribution is 7.10. The first kappa shape index (κ1) is 17.5.